The van der Waals surface area contributed by atoms with E-state index in [1.807, 2.05) is 17.9 Å². The smallest absolute Gasteiger partial charge is 0.0522 e. The normalized spacial score (nSPS) is 11.1. The Hall–Kier alpha value is -0.830. The van der Waals surface area contributed by atoms with E-state index < -0.39 is 0 Å². The second-order valence-corrected chi connectivity index (χ2v) is 4.20. The summed E-state index contributed by atoms with van der Waals surface area (Å²) in [6, 6.07) is 0. The minimum atomic E-state index is 0.792. The van der Waals surface area contributed by atoms with Gasteiger partial charge in [0, 0.05) is 13.2 Å². The molecule has 0 bridgehead atoms. The minimum absolute atomic E-state index is 0.792. The van der Waals surface area contributed by atoms with Crippen LogP contribution in [0.1, 0.15) is 25.8 Å². The van der Waals surface area contributed by atoms with E-state index in [9.17, 15) is 0 Å². The Balaban J connectivity index is 2.04. The van der Waals surface area contributed by atoms with Gasteiger partial charge in [-0.25, -0.2) is 0 Å². The molecule has 0 fully saturated rings. The van der Waals surface area contributed by atoms with E-state index in [-0.39, 0.29) is 0 Å². The third-order valence-electron chi connectivity index (χ3n) is 2.25. The summed E-state index contributed by atoms with van der Waals surface area (Å²) in [5.74, 6) is 0.792. The van der Waals surface area contributed by atoms with Crippen LogP contribution in [0.5, 0.6) is 0 Å². The van der Waals surface area contributed by atoms with E-state index in [2.05, 4.69) is 30.5 Å². The molecule has 0 saturated carbocycles. The lowest BCUT2D eigenvalue weighted by atomic mass is 10.1. The molecule has 3 heteroatoms. The molecule has 0 aliphatic heterocycles. The molecule has 0 aromatic carbocycles. The summed E-state index contributed by atoms with van der Waals surface area (Å²) in [5.41, 5.74) is 1.31. The van der Waals surface area contributed by atoms with Crippen molar-refractivity contribution >= 4 is 0 Å². The van der Waals surface area contributed by atoms with E-state index in [0.29, 0.717) is 0 Å². The van der Waals surface area contributed by atoms with Crippen LogP contribution < -0.4 is 5.32 Å². The molecule has 0 aliphatic rings. The average molecular weight is 195 g/mol. The molecule has 1 aromatic rings. The van der Waals surface area contributed by atoms with Gasteiger partial charge in [0.05, 0.1) is 6.20 Å². The number of aryl methyl sites for hydroxylation is 1. The zero-order chi connectivity index (χ0) is 10.4. The molecule has 0 spiro atoms. The highest BCUT2D eigenvalue weighted by Gasteiger charge is 1.96. The summed E-state index contributed by atoms with van der Waals surface area (Å²) in [5, 5.41) is 7.57. The first-order valence-corrected chi connectivity index (χ1v) is 5.36. The maximum absolute atomic E-state index is 4.13. The van der Waals surface area contributed by atoms with Crippen molar-refractivity contribution in [1.29, 1.82) is 0 Å². The van der Waals surface area contributed by atoms with Crippen LogP contribution in [0.2, 0.25) is 0 Å². The number of nitrogens with one attached hydrogen (secondary N) is 1. The van der Waals surface area contributed by atoms with Gasteiger partial charge in [0.25, 0.3) is 0 Å². The van der Waals surface area contributed by atoms with Crippen molar-refractivity contribution in [2.24, 2.45) is 13.0 Å². The second-order valence-electron chi connectivity index (χ2n) is 4.20. The standard InChI is InChI=1S/C11H21N3/c1-10(2)4-6-12-7-5-11-8-13-14(3)9-11/h8-10,12H,4-7H2,1-3H3. The number of rotatable bonds is 6. The molecule has 0 amide bonds. The van der Waals surface area contributed by atoms with E-state index in [1.54, 1.807) is 0 Å². The summed E-state index contributed by atoms with van der Waals surface area (Å²) in [6.07, 6.45) is 6.34. The molecule has 1 N–H and O–H groups in total. The van der Waals surface area contributed by atoms with Crippen molar-refractivity contribution in [3.63, 3.8) is 0 Å². The quantitative estimate of drug-likeness (QED) is 0.699. The van der Waals surface area contributed by atoms with E-state index in [1.165, 1.54) is 12.0 Å². The van der Waals surface area contributed by atoms with Crippen molar-refractivity contribution < 1.29 is 0 Å². The highest BCUT2D eigenvalue weighted by molar-refractivity contribution is 5.03. The molecule has 3 nitrogen and oxygen atoms in total. The van der Waals surface area contributed by atoms with Crippen LogP contribution in [0.15, 0.2) is 12.4 Å². The molecule has 0 aliphatic carbocycles. The zero-order valence-corrected chi connectivity index (χ0v) is 9.45. The van der Waals surface area contributed by atoms with Gasteiger partial charge < -0.3 is 5.32 Å². The number of nitrogens with zero attached hydrogens (tertiary/aromatic N) is 2. The molecule has 1 aromatic heterocycles. The lowest BCUT2D eigenvalue weighted by Crippen LogP contribution is -2.19. The fraction of sp³-hybridized carbons (Fsp3) is 0.727. The second kappa shape index (κ2) is 5.81. The molecule has 1 rings (SSSR count). The SMILES string of the molecule is CC(C)CCNCCc1cnn(C)c1. The van der Waals surface area contributed by atoms with Gasteiger partial charge in [0.15, 0.2) is 0 Å². The third-order valence-corrected chi connectivity index (χ3v) is 2.25. The lowest BCUT2D eigenvalue weighted by Gasteiger charge is -2.05. The van der Waals surface area contributed by atoms with Crippen molar-refractivity contribution in [2.45, 2.75) is 26.7 Å². The van der Waals surface area contributed by atoms with Crippen LogP contribution in [0.4, 0.5) is 0 Å². The van der Waals surface area contributed by atoms with Crippen LogP contribution in [-0.2, 0) is 13.5 Å². The average Bonchev–Trinajstić information content (AvgIpc) is 2.50. The Labute approximate surface area is 86.5 Å². The van der Waals surface area contributed by atoms with Crippen molar-refractivity contribution in [1.82, 2.24) is 15.1 Å². The van der Waals surface area contributed by atoms with Gasteiger partial charge in [-0.05, 0) is 37.4 Å². The van der Waals surface area contributed by atoms with Gasteiger partial charge >= 0.3 is 0 Å². The molecule has 0 saturated heterocycles. The highest BCUT2D eigenvalue weighted by atomic mass is 15.2. The summed E-state index contributed by atoms with van der Waals surface area (Å²) in [4.78, 5) is 0. The fourth-order valence-corrected chi connectivity index (χ4v) is 1.35. The van der Waals surface area contributed by atoms with Crippen LogP contribution in [0.3, 0.4) is 0 Å². The van der Waals surface area contributed by atoms with Crippen molar-refractivity contribution in [3.05, 3.63) is 18.0 Å². The Kier molecular flexibility index (Phi) is 4.66. The van der Waals surface area contributed by atoms with Gasteiger partial charge in [0.2, 0.25) is 0 Å². The third kappa shape index (κ3) is 4.42. The molecule has 0 radical (unpaired) electrons. The maximum atomic E-state index is 4.13. The predicted octanol–water partition coefficient (Wildman–Crippen LogP) is 1.60. The number of aromatic nitrogens is 2. The Morgan fingerprint density at radius 2 is 2.21 bits per heavy atom. The van der Waals surface area contributed by atoms with Gasteiger partial charge in [-0.2, -0.15) is 5.10 Å². The van der Waals surface area contributed by atoms with E-state index in [0.717, 1.165) is 25.4 Å². The van der Waals surface area contributed by atoms with Gasteiger partial charge in [0.1, 0.15) is 0 Å². The summed E-state index contributed by atoms with van der Waals surface area (Å²) in [7, 11) is 1.95. The first-order chi connectivity index (χ1) is 6.68. The molecule has 80 valence electrons. The summed E-state index contributed by atoms with van der Waals surface area (Å²) < 4.78 is 1.85. The first kappa shape index (κ1) is 11.2. The summed E-state index contributed by atoms with van der Waals surface area (Å²) in [6.45, 7) is 6.68. The number of hydrogen-bond donors (Lipinski definition) is 1. The fourth-order valence-electron chi connectivity index (χ4n) is 1.35. The van der Waals surface area contributed by atoms with E-state index >= 15 is 0 Å². The maximum Gasteiger partial charge on any atom is 0.0522 e. The molecular formula is C11H21N3. The molecular weight excluding hydrogens is 174 g/mol. The highest BCUT2D eigenvalue weighted by Crippen LogP contribution is 1.98. The topological polar surface area (TPSA) is 29.9 Å². The first-order valence-electron chi connectivity index (χ1n) is 5.36. The molecule has 1 heterocycles. The molecule has 0 atom stereocenters. The van der Waals surface area contributed by atoms with Crippen molar-refractivity contribution in [2.75, 3.05) is 13.1 Å². The Morgan fingerprint density at radius 3 is 2.79 bits per heavy atom. The van der Waals surface area contributed by atoms with Crippen LogP contribution in [0.25, 0.3) is 0 Å². The zero-order valence-electron chi connectivity index (χ0n) is 9.45. The molecule has 14 heavy (non-hydrogen) atoms. The van der Waals surface area contributed by atoms with Gasteiger partial charge in [-0.15, -0.1) is 0 Å². The van der Waals surface area contributed by atoms with Gasteiger partial charge in [-0.3, -0.25) is 4.68 Å². The van der Waals surface area contributed by atoms with Gasteiger partial charge in [-0.1, -0.05) is 13.8 Å². The molecule has 0 unspecified atom stereocenters. The Morgan fingerprint density at radius 1 is 1.43 bits per heavy atom. The minimum Gasteiger partial charge on any atom is -0.316 e. The lowest BCUT2D eigenvalue weighted by molar-refractivity contribution is 0.539. The van der Waals surface area contributed by atoms with Crippen LogP contribution in [0, 0.1) is 5.92 Å². The Bertz CT molecular complexity index is 253. The largest absolute Gasteiger partial charge is 0.316 e. The number of hydrogen-bond acceptors (Lipinski definition) is 2. The monoisotopic (exact) mass is 195 g/mol. The summed E-state index contributed by atoms with van der Waals surface area (Å²) >= 11 is 0. The van der Waals surface area contributed by atoms with Crippen LogP contribution >= 0.6 is 0 Å². The van der Waals surface area contributed by atoms with Crippen LogP contribution in [-0.4, -0.2) is 22.9 Å². The predicted molar refractivity (Wildman–Crippen MR) is 59.2 cm³/mol. The van der Waals surface area contributed by atoms with E-state index in [4.69, 9.17) is 0 Å². The van der Waals surface area contributed by atoms with Crippen molar-refractivity contribution in [3.8, 4) is 0 Å².